The summed E-state index contributed by atoms with van der Waals surface area (Å²) in [5.74, 6) is -0.319. The van der Waals surface area contributed by atoms with Gasteiger partial charge in [0.05, 0.1) is 13.0 Å². The molecule has 1 aromatic heterocycles. The van der Waals surface area contributed by atoms with Gasteiger partial charge in [0, 0.05) is 17.9 Å². The maximum Gasteiger partial charge on any atom is 0.329 e. The molecule has 10 nitrogen and oxygen atoms in total. The number of thioether (sulfide) groups is 2. The van der Waals surface area contributed by atoms with Crippen LogP contribution in [0, 0.1) is 5.92 Å². The number of aliphatic imine (C=N–C) groups is 1. The van der Waals surface area contributed by atoms with Gasteiger partial charge >= 0.3 is 5.97 Å². The summed E-state index contributed by atoms with van der Waals surface area (Å²) < 4.78 is 11.2. The first-order valence-electron chi connectivity index (χ1n) is 14.4. The molecule has 0 aromatic carbocycles. The van der Waals surface area contributed by atoms with Crippen LogP contribution in [-0.2, 0) is 30.5 Å². The van der Waals surface area contributed by atoms with E-state index in [1.807, 2.05) is 19.9 Å². The van der Waals surface area contributed by atoms with E-state index in [4.69, 9.17) is 9.15 Å². The van der Waals surface area contributed by atoms with E-state index in [0.717, 1.165) is 12.8 Å². The largest absolute Gasteiger partial charge is 0.456 e. The highest BCUT2D eigenvalue weighted by atomic mass is 32.2. The smallest absolute Gasteiger partial charge is 0.329 e. The van der Waals surface area contributed by atoms with Crippen LogP contribution in [0.2, 0.25) is 0 Å². The number of hydrogen-bond donors (Lipinski definition) is 2. The van der Waals surface area contributed by atoms with Crippen molar-refractivity contribution in [2.24, 2.45) is 10.9 Å². The number of ether oxygens (including phenoxy) is 1. The molecule has 2 aliphatic rings. The Hall–Kier alpha value is -2.60. The summed E-state index contributed by atoms with van der Waals surface area (Å²) in [6.07, 6.45) is 10.7. The van der Waals surface area contributed by atoms with Gasteiger partial charge in [0.15, 0.2) is 5.12 Å². The number of oxazole rings is 1. The van der Waals surface area contributed by atoms with Crippen LogP contribution in [0.25, 0.3) is 0 Å². The Kier molecular flexibility index (Phi) is 13.0. The van der Waals surface area contributed by atoms with Gasteiger partial charge in [-0.15, -0.1) is 11.8 Å². The third-order valence-corrected chi connectivity index (χ3v) is 9.03. The second-order valence-electron chi connectivity index (χ2n) is 10.9. The average Bonchev–Trinajstić information content (AvgIpc) is 3.56. The lowest BCUT2D eigenvalue weighted by atomic mass is 10.0. The Morgan fingerprint density at radius 2 is 2.02 bits per heavy atom. The molecule has 12 heteroatoms. The molecular formula is C29H42N4O6S2. The van der Waals surface area contributed by atoms with Gasteiger partial charge < -0.3 is 19.8 Å². The third-order valence-electron chi connectivity index (χ3n) is 6.78. The van der Waals surface area contributed by atoms with Crippen LogP contribution in [0.15, 0.2) is 27.8 Å². The van der Waals surface area contributed by atoms with Crippen LogP contribution < -0.4 is 10.6 Å². The Bertz CT molecular complexity index is 1130. The van der Waals surface area contributed by atoms with Crippen molar-refractivity contribution in [1.29, 1.82) is 0 Å². The molecule has 0 spiro atoms. The number of esters is 1. The molecule has 0 saturated carbocycles. The first-order valence-corrected chi connectivity index (χ1v) is 16.4. The number of carbonyl (C=O) groups is 4. The number of rotatable bonds is 11. The molecule has 41 heavy (non-hydrogen) atoms. The van der Waals surface area contributed by atoms with E-state index in [2.05, 4.69) is 27.5 Å². The van der Waals surface area contributed by atoms with E-state index in [1.54, 1.807) is 13.0 Å². The minimum atomic E-state index is -1.08. The number of allylic oxidation sites excluding steroid dienone is 1. The Balaban J connectivity index is 1.66. The summed E-state index contributed by atoms with van der Waals surface area (Å²) in [6.45, 7) is 7.58. The number of hydrogen-bond acceptors (Lipinski definition) is 10. The monoisotopic (exact) mass is 606 g/mol. The second-order valence-corrected chi connectivity index (χ2v) is 13.0. The van der Waals surface area contributed by atoms with Crippen molar-refractivity contribution in [2.75, 3.05) is 11.5 Å². The van der Waals surface area contributed by atoms with E-state index in [1.165, 1.54) is 49.0 Å². The first-order chi connectivity index (χ1) is 19.6. The predicted molar refractivity (Wildman–Crippen MR) is 162 cm³/mol. The molecular weight excluding hydrogens is 564 g/mol. The van der Waals surface area contributed by atoms with Gasteiger partial charge in [0.2, 0.25) is 17.7 Å². The number of aromatic nitrogens is 1. The van der Waals surface area contributed by atoms with Crippen LogP contribution in [0.4, 0.5) is 0 Å². The van der Waals surface area contributed by atoms with E-state index in [0.29, 0.717) is 41.0 Å². The van der Waals surface area contributed by atoms with Crippen LogP contribution in [-0.4, -0.2) is 62.1 Å². The van der Waals surface area contributed by atoms with Crippen molar-refractivity contribution in [3.8, 4) is 0 Å². The molecule has 2 N–H and O–H groups in total. The number of amides is 2. The maximum absolute atomic E-state index is 13.3. The van der Waals surface area contributed by atoms with Crippen molar-refractivity contribution >= 4 is 51.5 Å². The Labute approximate surface area is 250 Å². The summed E-state index contributed by atoms with van der Waals surface area (Å²) in [5, 5.41) is 6.33. The van der Waals surface area contributed by atoms with Gasteiger partial charge in [0.1, 0.15) is 34.7 Å². The zero-order chi connectivity index (χ0) is 29.8. The molecule has 4 bridgehead atoms. The van der Waals surface area contributed by atoms with E-state index >= 15 is 0 Å². The number of nitrogens with zero attached hydrogens (tertiary/aromatic N) is 2. The van der Waals surface area contributed by atoms with Crippen molar-refractivity contribution in [1.82, 2.24) is 15.6 Å². The maximum atomic E-state index is 13.3. The summed E-state index contributed by atoms with van der Waals surface area (Å²) in [7, 11) is 0. The molecule has 0 radical (unpaired) electrons. The second kappa shape index (κ2) is 16.1. The Morgan fingerprint density at radius 3 is 2.78 bits per heavy atom. The van der Waals surface area contributed by atoms with Crippen molar-refractivity contribution in [2.45, 2.75) is 103 Å². The van der Waals surface area contributed by atoms with Gasteiger partial charge in [0.25, 0.3) is 0 Å². The van der Waals surface area contributed by atoms with Crippen LogP contribution >= 0.6 is 23.5 Å². The minimum Gasteiger partial charge on any atom is -0.456 e. The molecule has 226 valence electrons. The van der Waals surface area contributed by atoms with Crippen LogP contribution in [0.1, 0.15) is 90.6 Å². The van der Waals surface area contributed by atoms with E-state index in [-0.39, 0.29) is 35.8 Å². The van der Waals surface area contributed by atoms with E-state index in [9.17, 15) is 19.2 Å². The normalized spacial score (nSPS) is 23.8. The highest BCUT2D eigenvalue weighted by molar-refractivity contribution is 8.14. The summed E-state index contributed by atoms with van der Waals surface area (Å²) in [6, 6.07) is -0.917. The lowest BCUT2D eigenvalue weighted by Gasteiger charge is -2.27. The Morgan fingerprint density at radius 1 is 1.24 bits per heavy atom. The van der Waals surface area contributed by atoms with Gasteiger partial charge in [-0.3, -0.25) is 19.4 Å². The molecule has 0 fully saturated rings. The summed E-state index contributed by atoms with van der Waals surface area (Å²) in [5.41, 5.74) is -0.585. The topological polar surface area (TPSA) is 140 Å². The van der Waals surface area contributed by atoms with Gasteiger partial charge in [-0.1, -0.05) is 64.3 Å². The quantitative estimate of drug-likeness (QED) is 0.211. The fourth-order valence-electron chi connectivity index (χ4n) is 4.26. The molecule has 1 unspecified atom stereocenters. The average molecular weight is 607 g/mol. The summed E-state index contributed by atoms with van der Waals surface area (Å²) in [4.78, 5) is 60.4. The zero-order valence-corrected chi connectivity index (χ0v) is 26.0. The number of carbonyl (C=O) groups excluding carboxylic acids is 4. The van der Waals surface area contributed by atoms with Crippen molar-refractivity contribution < 1.29 is 28.3 Å². The first kappa shape index (κ1) is 32.9. The zero-order valence-electron chi connectivity index (χ0n) is 24.4. The molecule has 2 aliphatic heterocycles. The number of fused-ring (bicyclic) bond motifs is 4. The molecule has 3 rings (SSSR count). The van der Waals surface area contributed by atoms with Crippen LogP contribution in [0.3, 0.4) is 0 Å². The number of nitrogens with one attached hydrogen (secondary N) is 2. The van der Waals surface area contributed by atoms with Crippen LogP contribution in [0.5, 0.6) is 0 Å². The van der Waals surface area contributed by atoms with Crippen molar-refractivity contribution in [3.05, 3.63) is 30.0 Å². The minimum absolute atomic E-state index is 0.0602. The molecule has 2 amide bonds. The lowest BCUT2D eigenvalue weighted by molar-refractivity contribution is -0.153. The lowest BCUT2D eigenvalue weighted by Crippen LogP contribution is -2.53. The van der Waals surface area contributed by atoms with Gasteiger partial charge in [-0.2, -0.15) is 0 Å². The standard InChI is InChI=1S/C29H42N4O6S2/c1-5-6-7-8-9-13-24(35)40-14-11-10-12-20-15-22(34)30-16-23-31-21(17-38-23)26-33-29(4,18-41-26)28(37)32-25(19(2)3)27(36)39-20/h10,12,17,19-20,25H,5-9,11,13-16,18H2,1-4H3,(H,30,34)(H,32,37)/b12-10+/t20-,25?,29+/m1/s1. The van der Waals surface area contributed by atoms with E-state index < -0.39 is 23.7 Å². The molecule has 0 saturated heterocycles. The number of unbranched alkanes of at least 4 members (excludes halogenated alkanes) is 4. The SMILES string of the molecule is CCCCCCCC(=O)SCC/C=C/[C@@H]1CC(=O)NCc2nc(co2)C2=N[C@@](C)(CS2)C(=O)NC(C(C)C)C(=O)O1. The van der Waals surface area contributed by atoms with Gasteiger partial charge in [-0.05, 0) is 31.8 Å². The highest BCUT2D eigenvalue weighted by Gasteiger charge is 2.42. The molecule has 0 aliphatic carbocycles. The third kappa shape index (κ3) is 10.3. The van der Waals surface area contributed by atoms with Crippen molar-refractivity contribution in [3.63, 3.8) is 0 Å². The highest BCUT2D eigenvalue weighted by Crippen LogP contribution is 2.31. The molecule has 3 atom stereocenters. The fourth-order valence-corrected chi connectivity index (χ4v) is 6.16. The fraction of sp³-hybridized carbons (Fsp3) is 0.655. The molecule has 3 heterocycles. The summed E-state index contributed by atoms with van der Waals surface area (Å²) >= 11 is 2.69. The van der Waals surface area contributed by atoms with Gasteiger partial charge in [-0.25, -0.2) is 9.78 Å². The molecule has 1 aromatic rings. The predicted octanol–water partition coefficient (Wildman–Crippen LogP) is 4.57. The number of cyclic esters (lactones) is 1.